The van der Waals surface area contributed by atoms with Gasteiger partial charge in [0, 0.05) is 18.7 Å². The molecule has 1 atom stereocenters. The van der Waals surface area contributed by atoms with Gasteiger partial charge in [-0.1, -0.05) is 19.9 Å². The van der Waals surface area contributed by atoms with E-state index < -0.39 is 0 Å². The second-order valence-electron chi connectivity index (χ2n) is 5.27. The number of hydrogen-bond donors (Lipinski definition) is 2. The van der Waals surface area contributed by atoms with Gasteiger partial charge in [0.15, 0.2) is 0 Å². The van der Waals surface area contributed by atoms with Gasteiger partial charge in [-0.25, -0.2) is 0 Å². The Balaban J connectivity index is 0.00000200. The first-order valence-corrected chi connectivity index (χ1v) is 6.95. The van der Waals surface area contributed by atoms with Crippen LogP contribution < -0.4 is 11.5 Å². The number of nitrogen functional groups attached to an aromatic ring is 1. The molecule has 0 saturated heterocycles. The standard InChI is InChI=1S/C15H23N3O.2ClH/c1-3-15(10-14(17)19)13-9-12(16)6-5-11(13)7-8-18(15)4-2;;/h5-6,9H,3-4,7-8,10,16H2,1-2H3,(H2,17,19);2*1H. The fraction of sp³-hybridized carbons (Fsp3) is 0.533. The van der Waals surface area contributed by atoms with Crippen molar-refractivity contribution in [2.45, 2.75) is 38.6 Å². The van der Waals surface area contributed by atoms with Gasteiger partial charge in [0.2, 0.25) is 5.91 Å². The highest BCUT2D eigenvalue weighted by molar-refractivity contribution is 5.85. The molecule has 0 saturated carbocycles. The highest BCUT2D eigenvalue weighted by Crippen LogP contribution is 2.41. The zero-order valence-electron chi connectivity index (χ0n) is 12.6. The molecule has 4 nitrogen and oxygen atoms in total. The second kappa shape index (κ2) is 7.87. The second-order valence-corrected chi connectivity index (χ2v) is 5.27. The molecule has 0 fully saturated rings. The Morgan fingerprint density at radius 3 is 2.52 bits per heavy atom. The van der Waals surface area contributed by atoms with Gasteiger partial charge in [-0.3, -0.25) is 9.69 Å². The smallest absolute Gasteiger partial charge is 0.219 e. The Bertz CT molecular complexity index is 496. The number of carbonyl (C=O) groups is 1. The van der Waals surface area contributed by atoms with Crippen molar-refractivity contribution in [3.63, 3.8) is 0 Å². The van der Waals surface area contributed by atoms with Crippen LogP contribution in [0.2, 0.25) is 0 Å². The van der Waals surface area contributed by atoms with Crippen molar-refractivity contribution in [1.29, 1.82) is 0 Å². The minimum absolute atomic E-state index is 0. The lowest BCUT2D eigenvalue weighted by Gasteiger charge is -2.47. The Hall–Kier alpha value is -0.970. The van der Waals surface area contributed by atoms with E-state index in [0.29, 0.717) is 6.42 Å². The van der Waals surface area contributed by atoms with Gasteiger partial charge in [0.05, 0.1) is 5.54 Å². The maximum absolute atomic E-state index is 11.6. The molecule has 1 aromatic carbocycles. The van der Waals surface area contributed by atoms with Crippen LogP contribution in [0.1, 0.15) is 37.8 Å². The SMILES string of the molecule is CCN1CCc2ccc(N)cc2C1(CC)CC(N)=O.Cl.Cl. The van der Waals surface area contributed by atoms with Crippen molar-refractivity contribution in [2.75, 3.05) is 18.8 Å². The van der Waals surface area contributed by atoms with Crippen LogP contribution >= 0.6 is 24.8 Å². The third-order valence-electron chi connectivity index (χ3n) is 4.32. The van der Waals surface area contributed by atoms with Crippen molar-refractivity contribution in [3.8, 4) is 0 Å². The molecule has 1 aromatic rings. The molecule has 6 heteroatoms. The highest BCUT2D eigenvalue weighted by Gasteiger charge is 2.41. The van der Waals surface area contributed by atoms with Crippen molar-refractivity contribution in [1.82, 2.24) is 4.90 Å². The molecule has 0 bridgehead atoms. The number of rotatable bonds is 4. The molecule has 0 spiro atoms. The molecule has 2 rings (SSSR count). The van der Waals surface area contributed by atoms with Crippen LogP contribution in [0.4, 0.5) is 5.69 Å². The molecule has 0 radical (unpaired) electrons. The number of primary amides is 1. The lowest BCUT2D eigenvalue weighted by atomic mass is 9.76. The van der Waals surface area contributed by atoms with E-state index in [1.807, 2.05) is 12.1 Å². The van der Waals surface area contributed by atoms with Gasteiger partial charge in [0.25, 0.3) is 0 Å². The summed E-state index contributed by atoms with van der Waals surface area (Å²) >= 11 is 0. The summed E-state index contributed by atoms with van der Waals surface area (Å²) in [6, 6.07) is 6.04. The molecular formula is C15H25Cl2N3O. The van der Waals surface area contributed by atoms with Crippen LogP contribution in [0.15, 0.2) is 18.2 Å². The largest absolute Gasteiger partial charge is 0.399 e. The van der Waals surface area contributed by atoms with Gasteiger partial charge in [-0.05, 0) is 42.6 Å². The number of anilines is 1. The maximum Gasteiger partial charge on any atom is 0.219 e. The first kappa shape index (κ1) is 20.0. The molecule has 0 aliphatic carbocycles. The van der Waals surface area contributed by atoms with E-state index in [9.17, 15) is 4.79 Å². The first-order valence-electron chi connectivity index (χ1n) is 6.95. The predicted molar refractivity (Wildman–Crippen MR) is 92.1 cm³/mol. The molecule has 4 N–H and O–H groups in total. The van der Waals surface area contributed by atoms with E-state index in [2.05, 4.69) is 24.8 Å². The predicted octanol–water partition coefficient (Wildman–Crippen LogP) is 2.47. The van der Waals surface area contributed by atoms with E-state index in [-0.39, 0.29) is 36.3 Å². The first-order chi connectivity index (χ1) is 9.03. The summed E-state index contributed by atoms with van der Waals surface area (Å²) in [5.74, 6) is -0.254. The van der Waals surface area contributed by atoms with Gasteiger partial charge in [0.1, 0.15) is 0 Å². The molecule has 1 amide bonds. The van der Waals surface area contributed by atoms with E-state index >= 15 is 0 Å². The third kappa shape index (κ3) is 3.62. The molecular weight excluding hydrogens is 309 g/mol. The van der Waals surface area contributed by atoms with Gasteiger partial charge >= 0.3 is 0 Å². The van der Waals surface area contributed by atoms with Crippen molar-refractivity contribution in [2.24, 2.45) is 5.73 Å². The molecule has 120 valence electrons. The number of halogens is 2. The lowest BCUT2D eigenvalue weighted by molar-refractivity contribution is -0.121. The number of amides is 1. The number of hydrogen-bond acceptors (Lipinski definition) is 3. The summed E-state index contributed by atoms with van der Waals surface area (Å²) in [7, 11) is 0. The summed E-state index contributed by atoms with van der Waals surface area (Å²) in [4.78, 5) is 13.9. The van der Waals surface area contributed by atoms with Crippen LogP contribution in [-0.4, -0.2) is 23.9 Å². The Morgan fingerprint density at radius 1 is 1.33 bits per heavy atom. The fourth-order valence-corrected chi connectivity index (χ4v) is 3.38. The van der Waals surface area contributed by atoms with Gasteiger partial charge < -0.3 is 11.5 Å². The summed E-state index contributed by atoms with van der Waals surface area (Å²) in [5.41, 5.74) is 14.4. The van der Waals surface area contributed by atoms with Crippen molar-refractivity contribution < 1.29 is 4.79 Å². The summed E-state index contributed by atoms with van der Waals surface area (Å²) in [5, 5.41) is 0. The third-order valence-corrected chi connectivity index (χ3v) is 4.32. The van der Waals surface area contributed by atoms with Crippen LogP contribution in [0, 0.1) is 0 Å². The number of nitrogens with zero attached hydrogens (tertiary/aromatic N) is 1. The Kier molecular flexibility index (Phi) is 7.51. The molecule has 21 heavy (non-hydrogen) atoms. The summed E-state index contributed by atoms with van der Waals surface area (Å²) < 4.78 is 0. The van der Waals surface area contributed by atoms with Crippen LogP contribution in [0.25, 0.3) is 0 Å². The van der Waals surface area contributed by atoms with E-state index in [4.69, 9.17) is 11.5 Å². The lowest BCUT2D eigenvalue weighted by Crippen LogP contribution is -2.52. The summed E-state index contributed by atoms with van der Waals surface area (Å²) in [6.45, 7) is 6.12. The Labute approximate surface area is 139 Å². The zero-order valence-corrected chi connectivity index (χ0v) is 14.2. The zero-order chi connectivity index (χ0) is 14.0. The summed E-state index contributed by atoms with van der Waals surface area (Å²) in [6.07, 6.45) is 2.22. The Morgan fingerprint density at radius 2 is 2.00 bits per heavy atom. The highest BCUT2D eigenvalue weighted by atomic mass is 35.5. The average molecular weight is 334 g/mol. The number of carbonyl (C=O) groups excluding carboxylic acids is 1. The molecule has 1 aliphatic rings. The van der Waals surface area contributed by atoms with Crippen LogP contribution in [0.5, 0.6) is 0 Å². The van der Waals surface area contributed by atoms with E-state index in [0.717, 1.165) is 31.6 Å². The normalized spacial score (nSPS) is 20.9. The average Bonchev–Trinajstić information content (AvgIpc) is 2.38. The molecule has 0 aromatic heterocycles. The molecule has 1 aliphatic heterocycles. The van der Waals surface area contributed by atoms with Crippen LogP contribution in [-0.2, 0) is 16.8 Å². The van der Waals surface area contributed by atoms with Crippen molar-refractivity contribution in [3.05, 3.63) is 29.3 Å². The monoisotopic (exact) mass is 333 g/mol. The molecule has 1 unspecified atom stereocenters. The minimum Gasteiger partial charge on any atom is -0.399 e. The molecule has 1 heterocycles. The van der Waals surface area contributed by atoms with Crippen LogP contribution in [0.3, 0.4) is 0 Å². The van der Waals surface area contributed by atoms with Gasteiger partial charge in [-0.2, -0.15) is 0 Å². The minimum atomic E-state index is -0.288. The fourth-order valence-electron chi connectivity index (χ4n) is 3.38. The number of benzene rings is 1. The maximum atomic E-state index is 11.6. The number of likely N-dealkylation sites (N-methyl/N-ethyl adjacent to an activating group) is 1. The van der Waals surface area contributed by atoms with Gasteiger partial charge in [-0.15, -0.1) is 24.8 Å². The number of fused-ring (bicyclic) bond motifs is 1. The topological polar surface area (TPSA) is 72.3 Å². The van der Waals surface area contributed by atoms with Crippen molar-refractivity contribution >= 4 is 36.4 Å². The van der Waals surface area contributed by atoms with E-state index in [1.54, 1.807) is 0 Å². The number of nitrogens with two attached hydrogens (primary N) is 2. The van der Waals surface area contributed by atoms with E-state index in [1.165, 1.54) is 11.1 Å². The quantitative estimate of drug-likeness (QED) is 0.831.